The first-order valence-electron chi connectivity index (χ1n) is 14.4. The number of benzene rings is 7. The molecule has 0 unspecified atom stereocenters. The van der Waals surface area contributed by atoms with Gasteiger partial charge in [0.25, 0.3) is 0 Å². The van der Waals surface area contributed by atoms with Gasteiger partial charge in [0, 0.05) is 16.3 Å². The fourth-order valence-electron chi connectivity index (χ4n) is 7.17. The molecule has 0 saturated carbocycles. The third kappa shape index (κ3) is 3.24. The van der Waals surface area contributed by atoms with Crippen molar-refractivity contribution in [3.05, 3.63) is 139 Å². The maximum atomic E-state index is 6.50. The van der Waals surface area contributed by atoms with Crippen molar-refractivity contribution in [3.63, 3.8) is 0 Å². The molecule has 0 N–H and O–H groups in total. The van der Waals surface area contributed by atoms with E-state index >= 15 is 0 Å². The zero-order valence-corrected chi connectivity index (χ0v) is 22.5. The summed E-state index contributed by atoms with van der Waals surface area (Å²) in [6, 6.07) is 44.2. The predicted octanol–water partition coefficient (Wildman–Crippen LogP) is 11.3. The van der Waals surface area contributed by atoms with Crippen LogP contribution in [0.15, 0.2) is 132 Å². The first-order valence-corrected chi connectivity index (χ1v) is 14.4. The van der Waals surface area contributed by atoms with Crippen LogP contribution >= 0.6 is 0 Å². The average Bonchev–Trinajstić information content (AvgIpc) is 3.42. The van der Waals surface area contributed by atoms with E-state index in [-0.39, 0.29) is 0 Å². The van der Waals surface area contributed by atoms with Gasteiger partial charge >= 0.3 is 0 Å². The van der Waals surface area contributed by atoms with E-state index in [2.05, 4.69) is 133 Å². The van der Waals surface area contributed by atoms with Crippen molar-refractivity contribution < 1.29 is 4.42 Å². The fraction of sp³-hybridized carbons (Fsp3) is 0.0500. The van der Waals surface area contributed by atoms with Crippen LogP contribution in [0.3, 0.4) is 0 Å². The van der Waals surface area contributed by atoms with Crippen LogP contribution in [-0.2, 0) is 6.42 Å². The third-order valence-electron chi connectivity index (χ3n) is 8.92. The van der Waals surface area contributed by atoms with Gasteiger partial charge in [-0.1, -0.05) is 121 Å². The molecule has 0 spiro atoms. The highest BCUT2D eigenvalue weighted by atomic mass is 16.3. The molecule has 8 aromatic rings. The van der Waals surface area contributed by atoms with Gasteiger partial charge in [-0.05, 0) is 85.1 Å². The Morgan fingerprint density at radius 2 is 1.07 bits per heavy atom. The third-order valence-corrected chi connectivity index (χ3v) is 8.92. The summed E-state index contributed by atoms with van der Waals surface area (Å²) in [5.74, 6) is 0. The molecule has 0 fully saturated rings. The van der Waals surface area contributed by atoms with Crippen LogP contribution in [0.5, 0.6) is 0 Å². The molecule has 0 radical (unpaired) electrons. The minimum atomic E-state index is 0.956. The van der Waals surface area contributed by atoms with E-state index in [0.717, 1.165) is 24.0 Å². The lowest BCUT2D eigenvalue weighted by molar-refractivity contribution is 0.661. The molecular formula is C40H26O. The molecule has 41 heavy (non-hydrogen) atoms. The maximum absolute atomic E-state index is 6.50. The van der Waals surface area contributed by atoms with E-state index in [1.54, 1.807) is 0 Å². The Bertz CT molecular complexity index is 2300. The van der Waals surface area contributed by atoms with Gasteiger partial charge in [-0.3, -0.25) is 0 Å². The molecule has 0 saturated heterocycles. The van der Waals surface area contributed by atoms with E-state index < -0.39 is 0 Å². The first-order chi connectivity index (χ1) is 20.4. The molecule has 9 rings (SSSR count). The Morgan fingerprint density at radius 1 is 0.488 bits per heavy atom. The lowest BCUT2D eigenvalue weighted by Crippen LogP contribution is -1.99. The van der Waals surface area contributed by atoms with E-state index in [1.807, 2.05) is 0 Å². The van der Waals surface area contributed by atoms with Crippen LogP contribution in [0.2, 0.25) is 0 Å². The Balaban J connectivity index is 1.48. The largest absolute Gasteiger partial charge is 0.456 e. The van der Waals surface area contributed by atoms with Gasteiger partial charge in [0.05, 0.1) is 0 Å². The van der Waals surface area contributed by atoms with Crippen LogP contribution in [-0.4, -0.2) is 0 Å². The second kappa shape index (κ2) is 8.68. The van der Waals surface area contributed by atoms with E-state index in [0.29, 0.717) is 0 Å². The van der Waals surface area contributed by atoms with Crippen molar-refractivity contribution in [3.8, 4) is 22.3 Å². The normalized spacial score (nSPS) is 13.1. The molecule has 1 aromatic heterocycles. The van der Waals surface area contributed by atoms with Crippen LogP contribution in [0.25, 0.3) is 82.6 Å². The van der Waals surface area contributed by atoms with Crippen LogP contribution in [0.4, 0.5) is 0 Å². The Labute approximate surface area is 238 Å². The molecule has 1 aliphatic rings. The molecule has 1 heterocycles. The van der Waals surface area contributed by atoms with E-state index in [1.165, 1.54) is 76.5 Å². The number of rotatable bonds is 2. The fourth-order valence-corrected chi connectivity index (χ4v) is 7.17. The first kappa shape index (κ1) is 22.7. The highest BCUT2D eigenvalue weighted by Crippen LogP contribution is 2.48. The molecule has 0 aliphatic heterocycles. The predicted molar refractivity (Wildman–Crippen MR) is 174 cm³/mol. The lowest BCUT2D eigenvalue weighted by Gasteiger charge is -2.22. The van der Waals surface area contributed by atoms with Crippen molar-refractivity contribution in [2.24, 2.45) is 0 Å². The summed E-state index contributed by atoms with van der Waals surface area (Å²) < 4.78 is 6.50. The Kier molecular flexibility index (Phi) is 4.80. The van der Waals surface area contributed by atoms with Gasteiger partial charge in [0.1, 0.15) is 11.2 Å². The molecular weight excluding hydrogens is 496 g/mol. The summed E-state index contributed by atoms with van der Waals surface area (Å²) >= 11 is 0. The number of furan rings is 1. The molecule has 0 amide bonds. The van der Waals surface area contributed by atoms with Gasteiger partial charge < -0.3 is 4.42 Å². The zero-order valence-electron chi connectivity index (χ0n) is 22.5. The molecule has 192 valence electrons. The highest BCUT2D eigenvalue weighted by molar-refractivity contribution is 6.25. The Hall–Kier alpha value is -5.14. The van der Waals surface area contributed by atoms with Gasteiger partial charge in [0.2, 0.25) is 0 Å². The molecule has 1 heteroatoms. The zero-order chi connectivity index (χ0) is 26.9. The topological polar surface area (TPSA) is 13.1 Å². The average molecular weight is 523 g/mol. The summed E-state index contributed by atoms with van der Waals surface area (Å²) in [4.78, 5) is 0. The van der Waals surface area contributed by atoms with Crippen LogP contribution < -0.4 is 0 Å². The minimum Gasteiger partial charge on any atom is -0.456 e. The number of fused-ring (bicyclic) bond motifs is 8. The summed E-state index contributed by atoms with van der Waals surface area (Å²) in [5.41, 5.74) is 9.77. The van der Waals surface area contributed by atoms with Crippen molar-refractivity contribution in [1.82, 2.24) is 0 Å². The van der Waals surface area contributed by atoms with E-state index in [4.69, 9.17) is 4.42 Å². The van der Waals surface area contributed by atoms with Crippen molar-refractivity contribution in [2.75, 3.05) is 0 Å². The summed E-state index contributed by atoms with van der Waals surface area (Å²) in [7, 11) is 0. The molecule has 7 aromatic carbocycles. The minimum absolute atomic E-state index is 0.956. The monoisotopic (exact) mass is 522 g/mol. The number of para-hydroxylation sites is 1. The molecule has 0 bridgehead atoms. The number of hydrogen-bond donors (Lipinski definition) is 0. The van der Waals surface area contributed by atoms with Gasteiger partial charge in [-0.2, -0.15) is 0 Å². The summed E-state index contributed by atoms with van der Waals surface area (Å²) in [6.45, 7) is 0. The smallest absolute Gasteiger partial charge is 0.139 e. The van der Waals surface area contributed by atoms with Gasteiger partial charge in [0.15, 0.2) is 0 Å². The van der Waals surface area contributed by atoms with Gasteiger partial charge in [-0.25, -0.2) is 0 Å². The molecule has 1 nitrogen and oxygen atoms in total. The van der Waals surface area contributed by atoms with Crippen LogP contribution in [0, 0.1) is 0 Å². The number of allylic oxidation sites excluding steroid dienone is 1. The maximum Gasteiger partial charge on any atom is 0.139 e. The molecule has 1 aliphatic carbocycles. The molecule has 0 atom stereocenters. The number of aryl methyl sites for hydroxylation is 1. The van der Waals surface area contributed by atoms with E-state index in [9.17, 15) is 0 Å². The standard InChI is InChI=1S/C40H26O/c1-2-14-26-25(12-1)13-11-22-29(26)38-30-17-4-6-19-32(30)39(33-20-7-5-18-31(33)38)35-24-36-28-16-9-10-23-37(28)41-40(36)34-21-8-3-15-27(34)35/h1-7,9-20,22-24H,8,21H2. The highest BCUT2D eigenvalue weighted by Gasteiger charge is 2.24. The lowest BCUT2D eigenvalue weighted by atomic mass is 9.81. The summed E-state index contributed by atoms with van der Waals surface area (Å²) in [6.07, 6.45) is 6.65. The van der Waals surface area contributed by atoms with Crippen LogP contribution in [0.1, 0.15) is 17.5 Å². The van der Waals surface area contributed by atoms with Crippen molar-refractivity contribution in [1.29, 1.82) is 0 Å². The van der Waals surface area contributed by atoms with Crippen molar-refractivity contribution >= 4 is 60.3 Å². The number of hydrogen-bond acceptors (Lipinski definition) is 1. The quantitative estimate of drug-likeness (QED) is 0.206. The summed E-state index contributed by atoms with van der Waals surface area (Å²) in [5, 5.41) is 10.1. The second-order valence-electron chi connectivity index (χ2n) is 11.1. The second-order valence-corrected chi connectivity index (χ2v) is 11.1. The van der Waals surface area contributed by atoms with Crippen molar-refractivity contribution in [2.45, 2.75) is 12.8 Å². The van der Waals surface area contributed by atoms with Gasteiger partial charge in [-0.15, -0.1) is 0 Å². The SMILES string of the molecule is C1=Cc2c(-c3c4ccccc4c(-c4cccc5ccccc45)c4ccccc34)cc3c(oc4ccccc43)c2CC1. The Morgan fingerprint density at radius 3 is 1.80 bits per heavy atom.